The van der Waals surface area contributed by atoms with Crippen LogP contribution in [-0.2, 0) is 30.8 Å². The van der Waals surface area contributed by atoms with Crippen LogP contribution in [0, 0.1) is 13.8 Å². The van der Waals surface area contributed by atoms with Crippen LogP contribution in [-0.4, -0.2) is 31.9 Å². The van der Waals surface area contributed by atoms with Gasteiger partial charge in [-0.3, -0.25) is 23.4 Å². The first-order valence-electron chi connectivity index (χ1n) is 11.5. The number of carbonyl (C=O) groups is 1. The lowest BCUT2D eigenvalue weighted by molar-refractivity contribution is -0.116. The highest BCUT2D eigenvalue weighted by Crippen LogP contribution is 2.25. The molecule has 2 heterocycles. The van der Waals surface area contributed by atoms with Crippen molar-refractivity contribution in [1.82, 2.24) is 18.9 Å². The monoisotopic (exact) mass is 475 g/mol. The first-order chi connectivity index (χ1) is 16.8. The van der Waals surface area contributed by atoms with E-state index < -0.39 is 17.2 Å². The molecule has 0 bridgehead atoms. The molecule has 0 aliphatic carbocycles. The minimum Gasteiger partial charge on any atom is -0.495 e. The van der Waals surface area contributed by atoms with Crippen LogP contribution in [0.2, 0.25) is 0 Å². The Morgan fingerprint density at radius 2 is 1.77 bits per heavy atom. The van der Waals surface area contributed by atoms with Crippen molar-refractivity contribution in [3.05, 3.63) is 86.2 Å². The van der Waals surface area contributed by atoms with Gasteiger partial charge in [0.1, 0.15) is 17.8 Å². The van der Waals surface area contributed by atoms with Crippen LogP contribution in [0.15, 0.2) is 58.1 Å². The summed E-state index contributed by atoms with van der Waals surface area (Å²) in [7, 11) is 1.53. The van der Waals surface area contributed by atoms with Crippen molar-refractivity contribution in [2.45, 2.75) is 46.8 Å². The molecule has 0 saturated heterocycles. The third-order valence-electron chi connectivity index (χ3n) is 5.97. The topological polar surface area (TPSA) is 100 Å². The number of hydrogen-bond acceptors (Lipinski definition) is 5. The van der Waals surface area contributed by atoms with Gasteiger partial charge in [-0.05, 0) is 50.5 Å². The van der Waals surface area contributed by atoms with Gasteiger partial charge >= 0.3 is 5.69 Å². The van der Waals surface area contributed by atoms with E-state index >= 15 is 0 Å². The van der Waals surface area contributed by atoms with Gasteiger partial charge in [-0.1, -0.05) is 36.4 Å². The molecular formula is C26H29N5O4. The smallest absolute Gasteiger partial charge is 0.332 e. The summed E-state index contributed by atoms with van der Waals surface area (Å²) in [4.78, 5) is 40.0. The summed E-state index contributed by atoms with van der Waals surface area (Å²) in [6.07, 6.45) is 0.507. The zero-order valence-corrected chi connectivity index (χ0v) is 20.4. The van der Waals surface area contributed by atoms with Crippen molar-refractivity contribution in [2.75, 3.05) is 12.4 Å². The Kier molecular flexibility index (Phi) is 6.86. The Hall–Kier alpha value is -4.14. The van der Waals surface area contributed by atoms with Crippen LogP contribution in [0.4, 0.5) is 5.69 Å². The van der Waals surface area contributed by atoms with E-state index in [0.29, 0.717) is 41.1 Å². The summed E-state index contributed by atoms with van der Waals surface area (Å²) in [6.45, 7) is 5.91. The Bertz CT molecular complexity index is 1500. The zero-order valence-electron chi connectivity index (χ0n) is 20.4. The number of fused-ring (bicyclic) bond motifs is 1. The second kappa shape index (κ2) is 10.0. The molecule has 4 rings (SSSR count). The van der Waals surface area contributed by atoms with E-state index in [1.54, 1.807) is 23.7 Å². The number of nitrogens with one attached hydrogen (secondary N) is 1. The number of aryl methyl sites for hydroxylation is 4. The molecule has 0 aliphatic heterocycles. The standard InChI is InChI=1S/C26H29N5O4/c1-5-31-24-23(18(3)28-31)30(16-22(32)27-20-15-17(2)11-12-21(20)35-4)26(34)29(25(24)33)14-13-19-9-7-6-8-10-19/h6-12,15H,5,13-14,16H2,1-4H3,(H,27,32). The third kappa shape index (κ3) is 4.75. The van der Waals surface area contributed by atoms with Gasteiger partial charge in [-0.2, -0.15) is 5.10 Å². The number of aromatic nitrogens is 4. The van der Waals surface area contributed by atoms with Crippen LogP contribution in [0.3, 0.4) is 0 Å². The van der Waals surface area contributed by atoms with Gasteiger partial charge in [0.2, 0.25) is 5.91 Å². The summed E-state index contributed by atoms with van der Waals surface area (Å²) in [5.41, 5.74) is 2.75. The molecule has 4 aromatic rings. The second-order valence-electron chi connectivity index (χ2n) is 8.41. The number of rotatable bonds is 8. The van der Waals surface area contributed by atoms with E-state index in [4.69, 9.17) is 4.74 Å². The van der Waals surface area contributed by atoms with Crippen LogP contribution in [0.25, 0.3) is 11.0 Å². The average molecular weight is 476 g/mol. The first kappa shape index (κ1) is 24.0. The average Bonchev–Trinajstić information content (AvgIpc) is 3.19. The van der Waals surface area contributed by atoms with Gasteiger partial charge in [-0.25, -0.2) is 4.79 Å². The fraction of sp³-hybridized carbons (Fsp3) is 0.308. The quantitative estimate of drug-likeness (QED) is 0.422. The Balaban J connectivity index is 1.77. The fourth-order valence-electron chi connectivity index (χ4n) is 4.27. The van der Waals surface area contributed by atoms with Gasteiger partial charge in [-0.15, -0.1) is 0 Å². The molecule has 35 heavy (non-hydrogen) atoms. The summed E-state index contributed by atoms with van der Waals surface area (Å²) in [5.74, 6) is 0.110. The maximum atomic E-state index is 13.5. The lowest BCUT2D eigenvalue weighted by Crippen LogP contribution is -2.42. The van der Waals surface area contributed by atoms with E-state index in [0.717, 1.165) is 11.1 Å². The van der Waals surface area contributed by atoms with Gasteiger partial charge < -0.3 is 10.1 Å². The summed E-state index contributed by atoms with van der Waals surface area (Å²) in [6, 6.07) is 15.1. The number of anilines is 1. The van der Waals surface area contributed by atoms with Gasteiger partial charge in [0.05, 0.1) is 18.5 Å². The lowest BCUT2D eigenvalue weighted by atomic mass is 10.1. The molecule has 0 fully saturated rings. The fourth-order valence-corrected chi connectivity index (χ4v) is 4.27. The summed E-state index contributed by atoms with van der Waals surface area (Å²) >= 11 is 0. The maximum absolute atomic E-state index is 13.5. The Labute approximate surface area is 202 Å². The zero-order chi connectivity index (χ0) is 25.1. The normalized spacial score (nSPS) is 11.1. The van der Waals surface area contributed by atoms with E-state index in [2.05, 4.69) is 10.4 Å². The van der Waals surface area contributed by atoms with Gasteiger partial charge in [0.15, 0.2) is 5.52 Å². The number of benzene rings is 2. The molecule has 9 heteroatoms. The molecule has 1 amide bonds. The number of carbonyl (C=O) groups excluding carboxylic acids is 1. The second-order valence-corrected chi connectivity index (χ2v) is 8.41. The minimum atomic E-state index is -0.538. The van der Waals surface area contributed by atoms with Crippen LogP contribution >= 0.6 is 0 Å². The molecule has 2 aromatic heterocycles. The molecule has 2 aromatic carbocycles. The minimum absolute atomic E-state index is 0.193. The molecule has 0 saturated carbocycles. The molecule has 0 atom stereocenters. The molecule has 0 unspecified atom stereocenters. The largest absolute Gasteiger partial charge is 0.495 e. The Morgan fingerprint density at radius 1 is 1.03 bits per heavy atom. The molecule has 9 nitrogen and oxygen atoms in total. The maximum Gasteiger partial charge on any atom is 0.332 e. The lowest BCUT2D eigenvalue weighted by Gasteiger charge is -2.14. The van der Waals surface area contributed by atoms with Crippen molar-refractivity contribution < 1.29 is 9.53 Å². The molecular weight excluding hydrogens is 446 g/mol. The highest BCUT2D eigenvalue weighted by atomic mass is 16.5. The van der Waals surface area contributed by atoms with E-state index in [1.807, 2.05) is 50.2 Å². The SMILES string of the molecule is CCn1nc(C)c2c1c(=O)n(CCc1ccccc1)c(=O)n2CC(=O)Nc1cc(C)ccc1OC. The highest BCUT2D eigenvalue weighted by Gasteiger charge is 2.22. The number of nitrogens with zero attached hydrogens (tertiary/aromatic N) is 4. The van der Waals surface area contributed by atoms with Crippen LogP contribution < -0.4 is 21.3 Å². The van der Waals surface area contributed by atoms with Crippen LogP contribution in [0.1, 0.15) is 23.7 Å². The number of hydrogen-bond donors (Lipinski definition) is 1. The van der Waals surface area contributed by atoms with Crippen molar-refractivity contribution in [2.24, 2.45) is 0 Å². The van der Waals surface area contributed by atoms with E-state index in [1.165, 1.54) is 16.2 Å². The molecule has 0 aliphatic rings. The molecule has 0 radical (unpaired) electrons. The third-order valence-corrected chi connectivity index (χ3v) is 5.97. The van der Waals surface area contributed by atoms with E-state index in [9.17, 15) is 14.4 Å². The predicted octanol–water partition coefficient (Wildman–Crippen LogP) is 2.89. The van der Waals surface area contributed by atoms with Crippen molar-refractivity contribution in [1.29, 1.82) is 0 Å². The van der Waals surface area contributed by atoms with Gasteiger partial charge in [0.25, 0.3) is 5.56 Å². The van der Waals surface area contributed by atoms with Gasteiger partial charge in [0, 0.05) is 13.1 Å². The number of amides is 1. The number of methoxy groups -OCH3 is 1. The van der Waals surface area contributed by atoms with E-state index in [-0.39, 0.29) is 13.1 Å². The predicted molar refractivity (Wildman–Crippen MR) is 135 cm³/mol. The molecule has 1 N–H and O–H groups in total. The summed E-state index contributed by atoms with van der Waals surface area (Å²) < 4.78 is 9.47. The first-order valence-corrected chi connectivity index (χ1v) is 11.5. The summed E-state index contributed by atoms with van der Waals surface area (Å²) in [5, 5.41) is 7.29. The molecule has 0 spiro atoms. The van der Waals surface area contributed by atoms with Crippen molar-refractivity contribution in [3.63, 3.8) is 0 Å². The number of ether oxygens (including phenoxy) is 1. The van der Waals surface area contributed by atoms with Crippen LogP contribution in [0.5, 0.6) is 5.75 Å². The van der Waals surface area contributed by atoms with Crippen molar-refractivity contribution in [3.8, 4) is 5.75 Å². The molecule has 182 valence electrons. The highest BCUT2D eigenvalue weighted by molar-refractivity contribution is 5.93. The Morgan fingerprint density at radius 3 is 2.46 bits per heavy atom. The van der Waals surface area contributed by atoms with Crippen molar-refractivity contribution >= 4 is 22.6 Å².